The van der Waals surface area contributed by atoms with Crippen molar-refractivity contribution < 1.29 is 14.6 Å². The molecule has 1 aliphatic heterocycles. The predicted molar refractivity (Wildman–Crippen MR) is 118 cm³/mol. The largest absolute Gasteiger partial charge is 0.496 e. The SMILES string of the molecule is COc1ccccc1C1CC(c2c(O)n(Cc3ccccc3)c(=O)[nH]c2=O)=NN1C(C)=O. The quantitative estimate of drug-likeness (QED) is 0.637. The molecule has 0 saturated heterocycles. The molecule has 9 heteroatoms. The summed E-state index contributed by atoms with van der Waals surface area (Å²) in [7, 11) is 1.53. The van der Waals surface area contributed by atoms with Crippen LogP contribution in [0.15, 0.2) is 69.3 Å². The van der Waals surface area contributed by atoms with E-state index in [4.69, 9.17) is 4.74 Å². The second kappa shape index (κ2) is 8.54. The molecule has 1 unspecified atom stereocenters. The van der Waals surface area contributed by atoms with E-state index in [2.05, 4.69) is 10.1 Å². The first-order valence-corrected chi connectivity index (χ1v) is 10.0. The van der Waals surface area contributed by atoms with Crippen LogP contribution in [0.25, 0.3) is 0 Å². The van der Waals surface area contributed by atoms with Gasteiger partial charge in [-0.1, -0.05) is 48.5 Å². The van der Waals surface area contributed by atoms with Crippen molar-refractivity contribution in [2.45, 2.75) is 25.9 Å². The summed E-state index contributed by atoms with van der Waals surface area (Å²) in [5.74, 6) is -0.248. The Morgan fingerprint density at radius 2 is 1.84 bits per heavy atom. The third-order valence-corrected chi connectivity index (χ3v) is 5.37. The Hall–Kier alpha value is -4.14. The molecule has 1 amide bonds. The first-order chi connectivity index (χ1) is 15.4. The number of aromatic nitrogens is 2. The third kappa shape index (κ3) is 3.80. The fourth-order valence-electron chi connectivity index (χ4n) is 3.87. The van der Waals surface area contributed by atoms with Crippen molar-refractivity contribution in [3.8, 4) is 11.6 Å². The van der Waals surface area contributed by atoms with Crippen molar-refractivity contribution in [2.75, 3.05) is 7.11 Å². The third-order valence-electron chi connectivity index (χ3n) is 5.37. The maximum absolute atomic E-state index is 12.7. The minimum atomic E-state index is -0.764. The van der Waals surface area contributed by atoms with E-state index < -0.39 is 23.2 Å². The lowest BCUT2D eigenvalue weighted by molar-refractivity contribution is -0.130. The number of nitrogens with one attached hydrogen (secondary N) is 1. The Balaban J connectivity index is 1.79. The number of benzene rings is 2. The van der Waals surface area contributed by atoms with Gasteiger partial charge in [-0.05, 0) is 11.6 Å². The van der Waals surface area contributed by atoms with Crippen molar-refractivity contribution in [3.63, 3.8) is 0 Å². The van der Waals surface area contributed by atoms with E-state index in [1.54, 1.807) is 18.2 Å². The van der Waals surface area contributed by atoms with Crippen molar-refractivity contribution in [2.24, 2.45) is 5.10 Å². The van der Waals surface area contributed by atoms with Gasteiger partial charge in [0.15, 0.2) is 0 Å². The maximum Gasteiger partial charge on any atom is 0.331 e. The van der Waals surface area contributed by atoms with Crippen LogP contribution in [0.3, 0.4) is 0 Å². The molecule has 2 N–H and O–H groups in total. The van der Waals surface area contributed by atoms with E-state index in [-0.39, 0.29) is 30.1 Å². The van der Waals surface area contributed by atoms with Gasteiger partial charge < -0.3 is 9.84 Å². The predicted octanol–water partition coefficient (Wildman–Crippen LogP) is 2.00. The lowest BCUT2D eigenvalue weighted by Crippen LogP contribution is -2.34. The molecule has 0 saturated carbocycles. The summed E-state index contributed by atoms with van der Waals surface area (Å²) in [6.45, 7) is 1.43. The van der Waals surface area contributed by atoms with Crippen LogP contribution in [0.1, 0.15) is 36.1 Å². The minimum Gasteiger partial charge on any atom is -0.496 e. The van der Waals surface area contributed by atoms with Crippen LogP contribution in [0.4, 0.5) is 0 Å². The van der Waals surface area contributed by atoms with Gasteiger partial charge in [0, 0.05) is 18.9 Å². The zero-order valence-electron chi connectivity index (χ0n) is 17.6. The van der Waals surface area contributed by atoms with E-state index in [1.165, 1.54) is 19.0 Å². The Morgan fingerprint density at radius 1 is 1.16 bits per heavy atom. The summed E-state index contributed by atoms with van der Waals surface area (Å²) >= 11 is 0. The highest BCUT2D eigenvalue weighted by molar-refractivity contribution is 6.04. The number of methoxy groups -OCH3 is 1. The molecule has 0 aliphatic carbocycles. The number of hydrogen-bond acceptors (Lipinski definition) is 6. The van der Waals surface area contributed by atoms with E-state index in [0.29, 0.717) is 5.75 Å². The van der Waals surface area contributed by atoms with Gasteiger partial charge in [0.2, 0.25) is 11.8 Å². The van der Waals surface area contributed by atoms with Gasteiger partial charge in [0.25, 0.3) is 5.56 Å². The molecular formula is C23H22N4O5. The van der Waals surface area contributed by atoms with Crippen molar-refractivity contribution in [3.05, 3.63) is 92.1 Å². The lowest BCUT2D eigenvalue weighted by atomic mass is 9.98. The van der Waals surface area contributed by atoms with Crippen LogP contribution < -0.4 is 16.0 Å². The molecule has 0 fully saturated rings. The first-order valence-electron chi connectivity index (χ1n) is 10.0. The Bertz CT molecular complexity index is 1310. The Morgan fingerprint density at radius 3 is 2.53 bits per heavy atom. The normalized spacial score (nSPS) is 15.5. The molecule has 3 aromatic rings. The van der Waals surface area contributed by atoms with E-state index in [0.717, 1.165) is 15.7 Å². The second-order valence-electron chi connectivity index (χ2n) is 7.40. The summed E-state index contributed by atoms with van der Waals surface area (Å²) in [5, 5.41) is 16.5. The standard InChI is InChI=1S/C23H22N4O5/c1-14(28)27-18(16-10-6-7-11-19(16)32-2)12-17(25-27)20-21(29)24-23(31)26(22(20)30)13-15-8-4-3-5-9-15/h3-11,18,30H,12-13H2,1-2H3,(H,24,29,31). The molecule has 9 nitrogen and oxygen atoms in total. The number of carbonyl (C=O) groups excluding carboxylic acids is 1. The van der Waals surface area contributed by atoms with Gasteiger partial charge in [0.1, 0.15) is 11.3 Å². The Labute approximate surface area is 183 Å². The van der Waals surface area contributed by atoms with Gasteiger partial charge >= 0.3 is 5.69 Å². The van der Waals surface area contributed by atoms with Gasteiger partial charge in [-0.15, -0.1) is 0 Å². The number of carbonyl (C=O) groups is 1. The number of aromatic hydroxyl groups is 1. The molecule has 1 aromatic heterocycles. The molecule has 2 aromatic carbocycles. The molecule has 0 radical (unpaired) electrons. The van der Waals surface area contributed by atoms with Crippen LogP contribution in [-0.4, -0.2) is 38.4 Å². The van der Waals surface area contributed by atoms with E-state index >= 15 is 0 Å². The molecule has 1 atom stereocenters. The van der Waals surface area contributed by atoms with Crippen LogP contribution in [0.2, 0.25) is 0 Å². The van der Waals surface area contributed by atoms with E-state index in [9.17, 15) is 19.5 Å². The molecule has 0 spiro atoms. The lowest BCUT2D eigenvalue weighted by Gasteiger charge is -2.22. The Kier molecular flexibility index (Phi) is 5.63. The number of hydrogen-bond donors (Lipinski definition) is 2. The average Bonchev–Trinajstić information content (AvgIpc) is 3.22. The number of H-pyrrole nitrogens is 1. The van der Waals surface area contributed by atoms with Gasteiger partial charge in [-0.2, -0.15) is 5.10 Å². The maximum atomic E-state index is 12.7. The minimum absolute atomic E-state index is 0.0644. The fourth-order valence-corrected chi connectivity index (χ4v) is 3.87. The highest BCUT2D eigenvalue weighted by Gasteiger charge is 2.35. The van der Waals surface area contributed by atoms with Crippen LogP contribution >= 0.6 is 0 Å². The van der Waals surface area contributed by atoms with Gasteiger partial charge in [-0.25, -0.2) is 9.80 Å². The van der Waals surface area contributed by atoms with Crippen molar-refractivity contribution >= 4 is 11.6 Å². The molecule has 164 valence electrons. The van der Waals surface area contributed by atoms with Gasteiger partial charge in [0.05, 0.1) is 25.4 Å². The molecule has 4 rings (SSSR count). The highest BCUT2D eigenvalue weighted by Crippen LogP contribution is 2.37. The number of ether oxygens (including phenoxy) is 1. The second-order valence-corrected chi connectivity index (χ2v) is 7.40. The molecular weight excluding hydrogens is 412 g/mol. The number of aromatic amines is 1. The number of hydrazone groups is 1. The summed E-state index contributed by atoms with van der Waals surface area (Å²) < 4.78 is 6.50. The zero-order chi connectivity index (χ0) is 22.8. The summed E-state index contributed by atoms with van der Waals surface area (Å²) in [5.41, 5.74) is 0.0648. The number of amides is 1. The van der Waals surface area contributed by atoms with E-state index in [1.807, 2.05) is 36.4 Å². The monoisotopic (exact) mass is 434 g/mol. The summed E-state index contributed by atoms with van der Waals surface area (Å²) in [6.07, 6.45) is 0.167. The number of nitrogens with zero attached hydrogens (tertiary/aromatic N) is 3. The summed E-state index contributed by atoms with van der Waals surface area (Å²) in [4.78, 5) is 39.6. The van der Waals surface area contributed by atoms with Crippen LogP contribution in [0, 0.1) is 0 Å². The zero-order valence-corrected chi connectivity index (χ0v) is 17.6. The number of rotatable bonds is 5. The molecule has 2 heterocycles. The smallest absolute Gasteiger partial charge is 0.331 e. The fraction of sp³-hybridized carbons (Fsp3) is 0.217. The van der Waals surface area contributed by atoms with Crippen molar-refractivity contribution in [1.29, 1.82) is 0 Å². The number of para-hydroxylation sites is 1. The molecule has 32 heavy (non-hydrogen) atoms. The molecule has 1 aliphatic rings. The first kappa shape index (κ1) is 21.1. The topological polar surface area (TPSA) is 117 Å². The molecule has 0 bridgehead atoms. The van der Waals surface area contributed by atoms with Crippen molar-refractivity contribution in [1.82, 2.24) is 14.6 Å². The van der Waals surface area contributed by atoms with Crippen LogP contribution in [0.5, 0.6) is 11.6 Å². The van der Waals surface area contributed by atoms with Gasteiger partial charge in [-0.3, -0.25) is 19.1 Å². The highest BCUT2D eigenvalue weighted by atomic mass is 16.5. The average molecular weight is 434 g/mol. The summed E-state index contributed by atoms with van der Waals surface area (Å²) in [6, 6.07) is 15.8. The van der Waals surface area contributed by atoms with Crippen LogP contribution in [-0.2, 0) is 11.3 Å².